The quantitative estimate of drug-likeness (QED) is 0.350. The van der Waals surface area contributed by atoms with Gasteiger partial charge in [0, 0.05) is 0 Å². The first-order valence-corrected chi connectivity index (χ1v) is 5.82. The maximum absolute atomic E-state index is 3.85. The van der Waals surface area contributed by atoms with Gasteiger partial charge < -0.3 is 0 Å². The number of allylic oxidation sites excluding steroid dienone is 2. The molecule has 0 rings (SSSR count). The van der Waals surface area contributed by atoms with Gasteiger partial charge in [0.15, 0.2) is 0 Å². The number of hydrogen-bond acceptors (Lipinski definition) is 0. The maximum atomic E-state index is 3.85. The summed E-state index contributed by atoms with van der Waals surface area (Å²) >= 11 is 0. The molecule has 0 saturated heterocycles. The van der Waals surface area contributed by atoms with Crippen molar-refractivity contribution >= 4 is 0 Å². The molecular weight excluding hydrogens is 156 g/mol. The van der Waals surface area contributed by atoms with Crippen LogP contribution in [-0.4, -0.2) is 0 Å². The van der Waals surface area contributed by atoms with Crippen LogP contribution in [0.3, 0.4) is 0 Å². The molecule has 0 unspecified atom stereocenters. The smallest absolute Gasteiger partial charge is 0.0351 e. The lowest BCUT2D eigenvalue weighted by molar-refractivity contribution is 0.583. The third-order valence-electron chi connectivity index (χ3n) is 2.36. The minimum Gasteiger partial charge on any atom is -0.0917 e. The van der Waals surface area contributed by atoms with Gasteiger partial charge in [0.05, 0.1) is 0 Å². The van der Waals surface area contributed by atoms with Gasteiger partial charge >= 0.3 is 0 Å². The minimum atomic E-state index is 1.11. The van der Waals surface area contributed by atoms with Crippen LogP contribution in [0, 0.1) is 6.92 Å². The van der Waals surface area contributed by atoms with Gasteiger partial charge in [-0.05, 0) is 19.8 Å². The molecule has 1 radical (unpaired) electrons. The van der Waals surface area contributed by atoms with Crippen molar-refractivity contribution in [1.82, 2.24) is 0 Å². The van der Waals surface area contributed by atoms with E-state index in [9.17, 15) is 0 Å². The molecule has 0 nitrogen and oxygen atoms in total. The van der Waals surface area contributed by atoms with Crippen molar-refractivity contribution in [3.8, 4) is 0 Å². The summed E-state index contributed by atoms with van der Waals surface area (Å²) in [4.78, 5) is 0. The number of rotatable bonds is 9. The van der Waals surface area contributed by atoms with Crippen molar-refractivity contribution in [2.75, 3.05) is 0 Å². The summed E-state index contributed by atoms with van der Waals surface area (Å²) in [6, 6.07) is 0. The van der Waals surface area contributed by atoms with E-state index in [-0.39, 0.29) is 0 Å². The van der Waals surface area contributed by atoms with Gasteiger partial charge in [-0.2, -0.15) is 0 Å². The van der Waals surface area contributed by atoms with Crippen molar-refractivity contribution in [2.24, 2.45) is 0 Å². The molecule has 0 bridgehead atoms. The summed E-state index contributed by atoms with van der Waals surface area (Å²) in [6.45, 7) is 5.94. The second-order valence-electron chi connectivity index (χ2n) is 3.69. The monoisotopic (exact) mass is 181 g/mol. The highest BCUT2D eigenvalue weighted by atomic mass is 14.0. The van der Waals surface area contributed by atoms with E-state index in [0.29, 0.717) is 0 Å². The minimum absolute atomic E-state index is 1.11. The van der Waals surface area contributed by atoms with Crippen LogP contribution >= 0.6 is 0 Å². The first kappa shape index (κ1) is 12.7. The number of unbranched alkanes of at least 4 members (excludes halogenated alkanes) is 8. The molecule has 0 N–H and O–H groups in total. The molecule has 0 saturated carbocycles. The van der Waals surface area contributed by atoms with Crippen LogP contribution in [0.2, 0.25) is 0 Å². The molecule has 0 aliphatic heterocycles. The average Bonchev–Trinajstić information content (AvgIpc) is 2.16. The fourth-order valence-corrected chi connectivity index (χ4v) is 1.49. The zero-order valence-corrected chi connectivity index (χ0v) is 9.23. The van der Waals surface area contributed by atoms with Crippen LogP contribution in [0.5, 0.6) is 0 Å². The Hall–Kier alpha value is -0.260. The second kappa shape index (κ2) is 11.7. The van der Waals surface area contributed by atoms with Crippen LogP contribution in [0.15, 0.2) is 12.2 Å². The van der Waals surface area contributed by atoms with Gasteiger partial charge in [-0.1, -0.05) is 64.0 Å². The van der Waals surface area contributed by atoms with Gasteiger partial charge in [0.1, 0.15) is 0 Å². The molecule has 0 heteroatoms. The van der Waals surface area contributed by atoms with Crippen molar-refractivity contribution in [2.45, 2.75) is 64.7 Å². The normalized spacial score (nSPS) is 11.2. The molecule has 13 heavy (non-hydrogen) atoms. The van der Waals surface area contributed by atoms with Crippen LogP contribution in [0.25, 0.3) is 0 Å². The molecule has 0 aromatic carbocycles. The van der Waals surface area contributed by atoms with Crippen molar-refractivity contribution in [3.63, 3.8) is 0 Å². The van der Waals surface area contributed by atoms with Crippen molar-refractivity contribution in [1.29, 1.82) is 0 Å². The van der Waals surface area contributed by atoms with E-state index >= 15 is 0 Å². The van der Waals surface area contributed by atoms with Crippen molar-refractivity contribution < 1.29 is 0 Å². The average molecular weight is 181 g/mol. The first-order chi connectivity index (χ1) is 6.41. The summed E-state index contributed by atoms with van der Waals surface area (Å²) in [5, 5.41) is 0. The lowest BCUT2D eigenvalue weighted by Gasteiger charge is -1.99. The van der Waals surface area contributed by atoms with Crippen LogP contribution in [0.4, 0.5) is 0 Å². The van der Waals surface area contributed by atoms with Gasteiger partial charge in [0.2, 0.25) is 0 Å². The van der Waals surface area contributed by atoms with Gasteiger partial charge in [-0.25, -0.2) is 0 Å². The third kappa shape index (κ3) is 11.7. The second-order valence-corrected chi connectivity index (χ2v) is 3.69. The summed E-state index contributed by atoms with van der Waals surface area (Å²) in [6.07, 6.45) is 16.6. The highest BCUT2D eigenvalue weighted by molar-refractivity contribution is 4.76. The topological polar surface area (TPSA) is 0 Å². The van der Waals surface area contributed by atoms with Crippen LogP contribution in [-0.2, 0) is 0 Å². The van der Waals surface area contributed by atoms with Crippen molar-refractivity contribution in [3.05, 3.63) is 19.1 Å². The molecule has 0 fully saturated rings. The van der Waals surface area contributed by atoms with Gasteiger partial charge in [0.25, 0.3) is 0 Å². The Bertz CT molecular complexity index is 103. The highest BCUT2D eigenvalue weighted by Crippen LogP contribution is 2.09. The molecule has 0 heterocycles. The number of hydrogen-bond donors (Lipinski definition) is 0. The van der Waals surface area contributed by atoms with Gasteiger partial charge in [-0.15, -0.1) is 0 Å². The van der Waals surface area contributed by atoms with Gasteiger partial charge in [-0.3, -0.25) is 0 Å². The first-order valence-electron chi connectivity index (χ1n) is 5.82. The Morgan fingerprint density at radius 2 is 1.38 bits per heavy atom. The Morgan fingerprint density at radius 1 is 0.846 bits per heavy atom. The molecule has 0 aliphatic carbocycles. The Balaban J connectivity index is 2.83. The zero-order valence-electron chi connectivity index (χ0n) is 9.23. The molecule has 77 valence electrons. The summed E-state index contributed by atoms with van der Waals surface area (Å²) in [7, 11) is 0. The Morgan fingerprint density at radius 3 is 1.92 bits per heavy atom. The molecule has 0 amide bonds. The highest BCUT2D eigenvalue weighted by Gasteiger charge is 1.89. The predicted molar refractivity (Wildman–Crippen MR) is 61.7 cm³/mol. The SMILES string of the molecule is [CH2]CCCCCCCCCC=CC. The van der Waals surface area contributed by atoms with E-state index in [4.69, 9.17) is 0 Å². The lowest BCUT2D eigenvalue weighted by Crippen LogP contribution is -1.79. The molecule has 0 aromatic heterocycles. The summed E-state index contributed by atoms with van der Waals surface area (Å²) in [5.41, 5.74) is 0. The maximum Gasteiger partial charge on any atom is -0.0351 e. The van der Waals surface area contributed by atoms with E-state index in [1.807, 2.05) is 0 Å². The zero-order chi connectivity index (χ0) is 9.78. The predicted octanol–water partition coefficient (Wildman–Crippen LogP) is 4.91. The van der Waals surface area contributed by atoms with E-state index in [1.165, 1.54) is 51.4 Å². The Kier molecular flexibility index (Phi) is 11.5. The lowest BCUT2D eigenvalue weighted by atomic mass is 10.1. The fourth-order valence-electron chi connectivity index (χ4n) is 1.49. The van der Waals surface area contributed by atoms with E-state index in [1.54, 1.807) is 0 Å². The van der Waals surface area contributed by atoms with Crippen LogP contribution in [0.1, 0.15) is 64.7 Å². The third-order valence-corrected chi connectivity index (χ3v) is 2.36. The van der Waals surface area contributed by atoms with E-state index in [0.717, 1.165) is 6.42 Å². The molecule has 0 spiro atoms. The summed E-state index contributed by atoms with van der Waals surface area (Å²) in [5.74, 6) is 0. The Labute approximate surface area is 84.4 Å². The molecular formula is C13H25. The molecule has 0 aliphatic rings. The molecule has 0 aromatic rings. The van der Waals surface area contributed by atoms with Crippen LogP contribution < -0.4 is 0 Å². The van der Waals surface area contributed by atoms with E-state index < -0.39 is 0 Å². The molecule has 0 atom stereocenters. The standard InChI is InChI=1S/C13H25/c1-3-5-7-9-11-13-12-10-8-6-4-2/h4,6H,1,3,5,7-13H2,2H3. The largest absolute Gasteiger partial charge is 0.0917 e. The van der Waals surface area contributed by atoms with E-state index in [2.05, 4.69) is 26.0 Å². The fraction of sp³-hybridized carbons (Fsp3) is 0.769. The summed E-state index contributed by atoms with van der Waals surface area (Å²) < 4.78 is 0.